The van der Waals surface area contributed by atoms with Crippen LogP contribution in [-0.2, 0) is 17.9 Å². The van der Waals surface area contributed by atoms with Gasteiger partial charge in [-0.05, 0) is 19.9 Å². The summed E-state index contributed by atoms with van der Waals surface area (Å²) in [6, 6.07) is 2.07. The molecule has 0 atom stereocenters. The van der Waals surface area contributed by atoms with Gasteiger partial charge in [0.05, 0.1) is 18.8 Å². The third kappa shape index (κ3) is 2.21. The summed E-state index contributed by atoms with van der Waals surface area (Å²) in [5.74, 6) is -0.00750. The third-order valence-corrected chi connectivity index (χ3v) is 2.39. The topological polar surface area (TPSA) is 43.3 Å². The van der Waals surface area contributed by atoms with Gasteiger partial charge in [-0.1, -0.05) is 0 Å². The van der Waals surface area contributed by atoms with Crippen LogP contribution < -0.4 is 5.32 Å². The number of carbonyl (C=O) groups is 1. The van der Waals surface area contributed by atoms with E-state index in [1.165, 1.54) is 0 Å². The summed E-state index contributed by atoms with van der Waals surface area (Å²) in [6.07, 6.45) is 1.90. The molecule has 1 amide bonds. The third-order valence-electron chi connectivity index (χ3n) is 2.39. The number of nitrogens with zero attached hydrogens (tertiary/aromatic N) is 1. The van der Waals surface area contributed by atoms with E-state index in [-0.39, 0.29) is 11.9 Å². The summed E-state index contributed by atoms with van der Waals surface area (Å²) in [6.45, 7) is 6.08. The second-order valence-corrected chi connectivity index (χ2v) is 4.09. The lowest BCUT2D eigenvalue weighted by molar-refractivity contribution is 0.0850. The Bertz CT molecular complexity index is 345. The van der Waals surface area contributed by atoms with Crippen LogP contribution in [0.15, 0.2) is 12.3 Å². The number of amides is 1. The van der Waals surface area contributed by atoms with Crippen molar-refractivity contribution in [3.63, 3.8) is 0 Å². The van der Waals surface area contributed by atoms with Crippen molar-refractivity contribution < 1.29 is 9.53 Å². The van der Waals surface area contributed by atoms with Crippen molar-refractivity contribution in [1.82, 2.24) is 9.88 Å². The van der Waals surface area contributed by atoms with Crippen LogP contribution in [0.5, 0.6) is 0 Å². The molecule has 0 radical (unpaired) electrons. The van der Waals surface area contributed by atoms with E-state index in [4.69, 9.17) is 4.74 Å². The molecule has 2 rings (SSSR count). The average Bonchev–Trinajstić information content (AvgIpc) is 2.59. The van der Waals surface area contributed by atoms with Crippen molar-refractivity contribution in [2.45, 2.75) is 33.0 Å². The number of carbonyl (C=O) groups excluding carboxylic acids is 1. The molecule has 1 aromatic heterocycles. The molecule has 1 N–H and O–H groups in total. The Hall–Kier alpha value is -1.29. The van der Waals surface area contributed by atoms with Crippen molar-refractivity contribution >= 4 is 5.91 Å². The molecule has 1 aliphatic heterocycles. The zero-order valence-electron chi connectivity index (χ0n) is 9.12. The molecular formula is C11H16N2O2. The Morgan fingerprint density at radius 3 is 3.07 bits per heavy atom. The predicted molar refractivity (Wildman–Crippen MR) is 56.7 cm³/mol. The van der Waals surface area contributed by atoms with Gasteiger partial charge in [0.15, 0.2) is 0 Å². The van der Waals surface area contributed by atoms with Crippen LogP contribution >= 0.6 is 0 Å². The maximum absolute atomic E-state index is 11.7. The maximum atomic E-state index is 11.7. The minimum absolute atomic E-state index is 0.00750. The van der Waals surface area contributed by atoms with Gasteiger partial charge in [-0.2, -0.15) is 0 Å². The molecule has 0 aromatic carbocycles. The Morgan fingerprint density at radius 2 is 2.40 bits per heavy atom. The summed E-state index contributed by atoms with van der Waals surface area (Å²) >= 11 is 0. The highest BCUT2D eigenvalue weighted by atomic mass is 16.5. The Balaban J connectivity index is 2.15. The molecule has 4 heteroatoms. The first-order valence-corrected chi connectivity index (χ1v) is 5.24. The quantitative estimate of drug-likeness (QED) is 0.792. The number of hydrogen-bond acceptors (Lipinski definition) is 2. The number of rotatable bonds is 2. The van der Waals surface area contributed by atoms with Crippen molar-refractivity contribution in [1.29, 1.82) is 0 Å². The lowest BCUT2D eigenvalue weighted by Crippen LogP contribution is -2.29. The van der Waals surface area contributed by atoms with Gasteiger partial charge in [0, 0.05) is 24.5 Å². The monoisotopic (exact) mass is 208 g/mol. The van der Waals surface area contributed by atoms with E-state index in [0.717, 1.165) is 24.4 Å². The summed E-state index contributed by atoms with van der Waals surface area (Å²) in [5, 5.41) is 2.88. The van der Waals surface area contributed by atoms with Crippen molar-refractivity contribution in [3.8, 4) is 0 Å². The molecule has 2 heterocycles. The average molecular weight is 208 g/mol. The second kappa shape index (κ2) is 4.06. The van der Waals surface area contributed by atoms with Crippen LogP contribution in [-0.4, -0.2) is 23.1 Å². The fourth-order valence-electron chi connectivity index (χ4n) is 1.69. The van der Waals surface area contributed by atoms with Crippen LogP contribution in [0.25, 0.3) is 0 Å². The number of aromatic nitrogens is 1. The van der Waals surface area contributed by atoms with Gasteiger partial charge in [0.1, 0.15) is 0 Å². The van der Waals surface area contributed by atoms with Gasteiger partial charge >= 0.3 is 0 Å². The molecule has 0 bridgehead atoms. The fourth-order valence-corrected chi connectivity index (χ4v) is 1.69. The van der Waals surface area contributed by atoms with Crippen LogP contribution in [0.2, 0.25) is 0 Å². The number of ether oxygens (including phenoxy) is 1. The SMILES string of the molecule is CC(C)NC(=O)c1cc2n(c1)CCOC2. The summed E-state index contributed by atoms with van der Waals surface area (Å²) < 4.78 is 7.40. The highest BCUT2D eigenvalue weighted by Gasteiger charge is 2.15. The van der Waals surface area contributed by atoms with Crippen LogP contribution in [0.4, 0.5) is 0 Å². The minimum atomic E-state index is -0.00750. The van der Waals surface area contributed by atoms with Crippen molar-refractivity contribution in [2.75, 3.05) is 6.61 Å². The van der Waals surface area contributed by atoms with Crippen LogP contribution in [0.1, 0.15) is 29.9 Å². The second-order valence-electron chi connectivity index (χ2n) is 4.09. The Labute approximate surface area is 89.2 Å². The van der Waals surface area contributed by atoms with Gasteiger partial charge in [0.25, 0.3) is 5.91 Å². The lowest BCUT2D eigenvalue weighted by Gasteiger charge is -2.14. The van der Waals surface area contributed by atoms with E-state index in [2.05, 4.69) is 9.88 Å². The van der Waals surface area contributed by atoms with Crippen LogP contribution in [0, 0.1) is 0 Å². The fraction of sp³-hybridized carbons (Fsp3) is 0.545. The molecule has 4 nitrogen and oxygen atoms in total. The smallest absolute Gasteiger partial charge is 0.253 e. The summed E-state index contributed by atoms with van der Waals surface area (Å²) in [4.78, 5) is 11.7. The molecule has 82 valence electrons. The van der Waals surface area contributed by atoms with E-state index in [1.54, 1.807) is 0 Å². The minimum Gasteiger partial charge on any atom is -0.373 e. The highest BCUT2D eigenvalue weighted by molar-refractivity contribution is 5.94. The summed E-state index contributed by atoms with van der Waals surface area (Å²) in [7, 11) is 0. The molecule has 0 fully saturated rings. The molecule has 0 saturated heterocycles. The van der Waals surface area contributed by atoms with E-state index < -0.39 is 0 Å². The Kier molecular flexibility index (Phi) is 2.77. The number of nitrogens with one attached hydrogen (secondary N) is 1. The largest absolute Gasteiger partial charge is 0.373 e. The van der Waals surface area contributed by atoms with E-state index in [9.17, 15) is 4.79 Å². The first-order chi connectivity index (χ1) is 7.16. The standard InChI is InChI=1S/C11H16N2O2/c1-8(2)12-11(14)9-5-10-7-15-4-3-13(10)6-9/h5-6,8H,3-4,7H2,1-2H3,(H,12,14). The van der Waals surface area contributed by atoms with Gasteiger partial charge in [0.2, 0.25) is 0 Å². The van der Waals surface area contributed by atoms with Gasteiger partial charge < -0.3 is 14.6 Å². The molecule has 1 aromatic rings. The molecule has 1 aliphatic rings. The molecule has 0 spiro atoms. The normalized spacial score (nSPS) is 15.1. The predicted octanol–water partition coefficient (Wildman–Crippen LogP) is 1.16. The van der Waals surface area contributed by atoms with Crippen molar-refractivity contribution in [3.05, 3.63) is 23.5 Å². The van der Waals surface area contributed by atoms with E-state index in [0.29, 0.717) is 6.61 Å². The molecule has 15 heavy (non-hydrogen) atoms. The highest BCUT2D eigenvalue weighted by Crippen LogP contribution is 2.14. The van der Waals surface area contributed by atoms with Crippen molar-refractivity contribution in [2.24, 2.45) is 0 Å². The maximum Gasteiger partial charge on any atom is 0.253 e. The molecule has 0 saturated carbocycles. The lowest BCUT2D eigenvalue weighted by atomic mass is 10.2. The van der Waals surface area contributed by atoms with Gasteiger partial charge in [-0.15, -0.1) is 0 Å². The zero-order valence-corrected chi connectivity index (χ0v) is 9.12. The molecular weight excluding hydrogens is 192 g/mol. The van der Waals surface area contributed by atoms with E-state index in [1.807, 2.05) is 26.1 Å². The summed E-state index contributed by atoms with van der Waals surface area (Å²) in [5.41, 5.74) is 1.80. The zero-order chi connectivity index (χ0) is 10.8. The van der Waals surface area contributed by atoms with Gasteiger partial charge in [-0.25, -0.2) is 0 Å². The number of fused-ring (bicyclic) bond motifs is 1. The van der Waals surface area contributed by atoms with E-state index >= 15 is 0 Å². The molecule has 0 unspecified atom stereocenters. The first-order valence-electron chi connectivity index (χ1n) is 5.24. The molecule has 0 aliphatic carbocycles. The Morgan fingerprint density at radius 1 is 1.60 bits per heavy atom. The number of hydrogen-bond donors (Lipinski definition) is 1. The van der Waals surface area contributed by atoms with Crippen LogP contribution in [0.3, 0.4) is 0 Å². The van der Waals surface area contributed by atoms with Gasteiger partial charge in [-0.3, -0.25) is 4.79 Å². The first kappa shape index (κ1) is 10.2.